The van der Waals surface area contributed by atoms with Crippen LogP contribution in [0.1, 0.15) is 50.4 Å². The van der Waals surface area contributed by atoms with Gasteiger partial charge < -0.3 is 28.8 Å². The molecule has 236 valence electrons. The highest BCUT2D eigenvalue weighted by Gasteiger charge is 2.47. The number of aromatic nitrogens is 3. The van der Waals surface area contributed by atoms with Crippen LogP contribution in [-0.2, 0) is 26.4 Å². The number of hydrogen-bond donors (Lipinski definition) is 1. The Balaban J connectivity index is 1.29. The standard InChI is InChI=1S/C33H36FN5O6/c1-20-18-38-14-12-33(20,34)23-8-4-13-35-31(23)44-21-17-24(32(41)42)39(19-21)30-29-28(22-7-2-3-9-25(22)45-29)36-26(37-30)10-5-15-43-16-6-11-27(38)40/h2-4,7-9,13,20-21,24H,5-6,10-12,14-19H2,1H3,(H,41,42)/t20-,21-,24-,33+/m0/s1. The summed E-state index contributed by atoms with van der Waals surface area (Å²) in [6.07, 6.45) is 3.25. The van der Waals surface area contributed by atoms with Crippen LogP contribution >= 0.6 is 0 Å². The van der Waals surface area contributed by atoms with Crippen molar-refractivity contribution in [1.29, 1.82) is 0 Å². The molecule has 4 aromatic rings. The Morgan fingerprint density at radius 3 is 2.73 bits per heavy atom. The van der Waals surface area contributed by atoms with E-state index >= 15 is 4.39 Å². The summed E-state index contributed by atoms with van der Waals surface area (Å²) in [5.74, 6) is -0.454. The summed E-state index contributed by atoms with van der Waals surface area (Å²) in [6.45, 7) is 3.45. The Labute approximate surface area is 259 Å². The number of carbonyl (C=O) groups excluding carboxylic acids is 1. The molecule has 45 heavy (non-hydrogen) atoms. The van der Waals surface area contributed by atoms with E-state index in [-0.39, 0.29) is 44.3 Å². The maximum atomic E-state index is 16.9. The monoisotopic (exact) mass is 617 g/mol. The predicted octanol–water partition coefficient (Wildman–Crippen LogP) is 4.66. The first-order valence-electron chi connectivity index (χ1n) is 15.7. The molecule has 1 aromatic carbocycles. The molecule has 0 radical (unpaired) electrons. The number of hydrogen-bond acceptors (Lipinski definition) is 9. The van der Waals surface area contributed by atoms with Gasteiger partial charge in [0.2, 0.25) is 11.8 Å². The summed E-state index contributed by atoms with van der Waals surface area (Å²) in [6, 6.07) is 9.94. The number of halogens is 1. The number of ether oxygens (including phenoxy) is 2. The lowest BCUT2D eigenvalue weighted by atomic mass is 9.78. The van der Waals surface area contributed by atoms with E-state index in [9.17, 15) is 14.7 Å². The third kappa shape index (κ3) is 5.45. The molecule has 1 N–H and O–H groups in total. The highest BCUT2D eigenvalue weighted by atomic mass is 19.1. The van der Waals surface area contributed by atoms with Crippen molar-refractivity contribution in [2.24, 2.45) is 5.92 Å². The van der Waals surface area contributed by atoms with E-state index in [0.29, 0.717) is 72.8 Å². The molecule has 3 aromatic heterocycles. The molecule has 7 heterocycles. The van der Waals surface area contributed by atoms with Crippen LogP contribution < -0.4 is 9.64 Å². The van der Waals surface area contributed by atoms with Gasteiger partial charge in [-0.25, -0.2) is 24.1 Å². The van der Waals surface area contributed by atoms with Crippen LogP contribution in [0.3, 0.4) is 0 Å². The number of fused-ring (bicyclic) bond motifs is 12. The van der Waals surface area contributed by atoms with Crippen LogP contribution in [0.2, 0.25) is 0 Å². The summed E-state index contributed by atoms with van der Waals surface area (Å²) in [7, 11) is 0. The average molecular weight is 618 g/mol. The molecular formula is C33H36FN5O6. The fourth-order valence-electron chi connectivity index (χ4n) is 6.89. The third-order valence-corrected chi connectivity index (χ3v) is 9.31. The van der Waals surface area contributed by atoms with Crippen LogP contribution in [0.5, 0.6) is 5.88 Å². The molecule has 4 aliphatic heterocycles. The number of para-hydroxylation sites is 1. The molecule has 11 nitrogen and oxygen atoms in total. The summed E-state index contributed by atoms with van der Waals surface area (Å²) in [5.41, 5.74) is 0.202. The van der Waals surface area contributed by atoms with E-state index < -0.39 is 29.7 Å². The van der Waals surface area contributed by atoms with Crippen molar-refractivity contribution in [2.45, 2.75) is 63.3 Å². The molecule has 0 aliphatic carbocycles. The normalized spacial score (nSPS) is 26.4. The van der Waals surface area contributed by atoms with Crippen molar-refractivity contribution < 1.29 is 33.0 Å². The van der Waals surface area contributed by atoms with Crippen LogP contribution in [0.4, 0.5) is 10.2 Å². The highest BCUT2D eigenvalue weighted by Crippen LogP contribution is 2.45. The molecule has 1 amide bonds. The summed E-state index contributed by atoms with van der Waals surface area (Å²) in [4.78, 5) is 43.1. The molecule has 12 heteroatoms. The van der Waals surface area contributed by atoms with E-state index in [1.165, 1.54) is 0 Å². The number of anilines is 1. The summed E-state index contributed by atoms with van der Waals surface area (Å²) >= 11 is 0. The minimum absolute atomic E-state index is 0.00613. The first-order valence-corrected chi connectivity index (χ1v) is 15.7. The third-order valence-electron chi connectivity index (χ3n) is 9.31. The molecule has 0 saturated carbocycles. The Bertz CT molecular complexity index is 1750. The van der Waals surface area contributed by atoms with Gasteiger partial charge in [-0.1, -0.05) is 19.1 Å². The molecule has 0 spiro atoms. The fourth-order valence-corrected chi connectivity index (χ4v) is 6.89. The number of piperidine rings is 1. The van der Waals surface area contributed by atoms with Gasteiger partial charge in [-0.15, -0.1) is 0 Å². The van der Waals surface area contributed by atoms with Gasteiger partial charge in [0.25, 0.3) is 0 Å². The van der Waals surface area contributed by atoms with Crippen molar-refractivity contribution >= 4 is 39.8 Å². The molecule has 4 aliphatic rings. The number of carboxylic acid groups (broad SMARTS) is 1. The number of aliphatic carboxylic acids is 1. The van der Waals surface area contributed by atoms with Gasteiger partial charge in [0.05, 0.1) is 12.1 Å². The Morgan fingerprint density at radius 2 is 1.91 bits per heavy atom. The second kappa shape index (κ2) is 11.9. The van der Waals surface area contributed by atoms with Gasteiger partial charge in [0, 0.05) is 69.5 Å². The maximum Gasteiger partial charge on any atom is 0.326 e. The number of benzene rings is 1. The van der Waals surface area contributed by atoms with Crippen LogP contribution in [-0.4, -0.2) is 81.8 Å². The molecule has 8 rings (SSSR count). The lowest BCUT2D eigenvalue weighted by molar-refractivity contribution is -0.139. The first-order chi connectivity index (χ1) is 21.8. The summed E-state index contributed by atoms with van der Waals surface area (Å²) in [5, 5.41) is 11.1. The second-order valence-electron chi connectivity index (χ2n) is 12.3. The van der Waals surface area contributed by atoms with E-state index in [2.05, 4.69) is 4.98 Å². The van der Waals surface area contributed by atoms with Crippen LogP contribution in [0, 0.1) is 5.92 Å². The molecule has 6 bridgehead atoms. The minimum atomic E-state index is -1.77. The Kier molecular flexibility index (Phi) is 7.76. The highest BCUT2D eigenvalue weighted by molar-refractivity contribution is 6.06. The lowest BCUT2D eigenvalue weighted by Gasteiger charge is -2.42. The number of aryl methyl sites for hydroxylation is 1. The smallest absolute Gasteiger partial charge is 0.326 e. The fraction of sp³-hybridized carbons (Fsp3) is 0.485. The number of nitrogens with zero attached hydrogens (tertiary/aromatic N) is 5. The SMILES string of the molecule is C[C@H]1CN2CC[C@]1(F)c1cccnc1O[C@H]1C[C@@H](C(=O)O)N(C1)c1nc(nc3c1oc1ccccc13)CCCOCCCC2=O. The van der Waals surface area contributed by atoms with Gasteiger partial charge >= 0.3 is 5.97 Å². The molecule has 2 fully saturated rings. The van der Waals surface area contributed by atoms with Gasteiger partial charge in [-0.3, -0.25) is 4.79 Å². The number of furan rings is 1. The van der Waals surface area contributed by atoms with Crippen molar-refractivity contribution in [3.05, 3.63) is 54.0 Å². The largest absolute Gasteiger partial charge is 0.480 e. The van der Waals surface area contributed by atoms with Crippen molar-refractivity contribution in [1.82, 2.24) is 19.9 Å². The van der Waals surface area contributed by atoms with Crippen LogP contribution in [0.15, 0.2) is 47.0 Å². The van der Waals surface area contributed by atoms with E-state index in [4.69, 9.17) is 23.9 Å². The number of carboxylic acids is 1. The second-order valence-corrected chi connectivity index (χ2v) is 12.3. The van der Waals surface area contributed by atoms with Gasteiger partial charge in [-0.05, 0) is 37.1 Å². The van der Waals surface area contributed by atoms with Crippen LogP contribution in [0.25, 0.3) is 22.1 Å². The van der Waals surface area contributed by atoms with E-state index in [0.717, 1.165) is 5.39 Å². The van der Waals surface area contributed by atoms with E-state index in [1.807, 2.05) is 24.3 Å². The van der Waals surface area contributed by atoms with Crippen molar-refractivity contribution in [2.75, 3.05) is 37.7 Å². The van der Waals surface area contributed by atoms with Crippen molar-refractivity contribution in [3.63, 3.8) is 0 Å². The zero-order valence-electron chi connectivity index (χ0n) is 25.2. The van der Waals surface area contributed by atoms with Gasteiger partial charge in [-0.2, -0.15) is 0 Å². The number of rotatable bonds is 1. The minimum Gasteiger partial charge on any atom is -0.480 e. The lowest BCUT2D eigenvalue weighted by Crippen LogP contribution is -2.49. The number of pyridine rings is 1. The topological polar surface area (TPSA) is 131 Å². The van der Waals surface area contributed by atoms with Gasteiger partial charge in [0.1, 0.15) is 34.7 Å². The molecule has 2 saturated heterocycles. The predicted molar refractivity (Wildman–Crippen MR) is 163 cm³/mol. The average Bonchev–Trinajstić information content (AvgIpc) is 3.63. The summed E-state index contributed by atoms with van der Waals surface area (Å²) < 4.78 is 35.3. The first kappa shape index (κ1) is 29.4. The van der Waals surface area contributed by atoms with Gasteiger partial charge in [0.15, 0.2) is 11.4 Å². The Morgan fingerprint density at radius 1 is 1.09 bits per heavy atom. The maximum absolute atomic E-state index is 16.9. The molecular weight excluding hydrogens is 581 g/mol. The zero-order chi connectivity index (χ0) is 31.1. The molecule has 0 unspecified atom stereocenters. The number of amides is 1. The van der Waals surface area contributed by atoms with E-state index in [1.54, 1.807) is 35.1 Å². The Hall–Kier alpha value is -4.32. The van der Waals surface area contributed by atoms with Crippen molar-refractivity contribution in [3.8, 4) is 5.88 Å². The number of alkyl halides is 1. The zero-order valence-corrected chi connectivity index (χ0v) is 25.2. The quantitative estimate of drug-likeness (QED) is 0.322. The number of carbonyl (C=O) groups is 2. The molecule has 4 atom stereocenters.